The molecule has 1 amide bonds. The Kier molecular flexibility index (Phi) is 11.5. The highest BCUT2D eigenvalue weighted by Crippen LogP contribution is 2.23. The van der Waals surface area contributed by atoms with Gasteiger partial charge in [-0.1, -0.05) is 28.5 Å². The average molecular weight is 343 g/mol. The highest BCUT2D eigenvalue weighted by molar-refractivity contribution is 8.76. The number of carbonyl (C=O) groups is 2. The first-order valence-corrected chi connectivity index (χ1v) is 9.81. The molecule has 0 aliphatic carbocycles. The summed E-state index contributed by atoms with van der Waals surface area (Å²) in [5.41, 5.74) is 0. The first-order valence-electron chi connectivity index (χ1n) is 6.04. The smallest absolute Gasteiger partial charge is 0.335 e. The molecular formula is C11H21NO5S3. The molecule has 0 aromatic rings. The van der Waals surface area contributed by atoms with Gasteiger partial charge in [0, 0.05) is 23.3 Å². The summed E-state index contributed by atoms with van der Waals surface area (Å²) in [4.78, 5) is 21.7. The van der Waals surface area contributed by atoms with Crippen molar-refractivity contribution in [3.8, 4) is 0 Å². The van der Waals surface area contributed by atoms with Crippen LogP contribution >= 0.6 is 33.3 Å². The van der Waals surface area contributed by atoms with E-state index < -0.39 is 24.1 Å². The molecule has 0 heterocycles. The Hall–Kier alpha value is -0.0900. The molecule has 0 radical (unpaired) electrons. The Morgan fingerprint density at radius 3 is 2.30 bits per heavy atom. The molecule has 9 heteroatoms. The zero-order valence-electron chi connectivity index (χ0n) is 11.4. The molecule has 0 aromatic carbocycles. The van der Waals surface area contributed by atoms with Gasteiger partial charge in [-0.15, -0.1) is 0 Å². The number of hydrogen-bond acceptors (Lipinski definition) is 7. The number of rotatable bonds is 11. The molecule has 0 saturated carbocycles. The fraction of sp³-hybridized carbons (Fsp3) is 0.818. The summed E-state index contributed by atoms with van der Waals surface area (Å²) in [7, 11) is 3.32. The van der Waals surface area contributed by atoms with E-state index in [9.17, 15) is 14.7 Å². The second-order valence-electron chi connectivity index (χ2n) is 4.00. The van der Waals surface area contributed by atoms with Crippen LogP contribution in [-0.2, 0) is 9.59 Å². The molecule has 0 rings (SSSR count). The van der Waals surface area contributed by atoms with Gasteiger partial charge in [-0.3, -0.25) is 4.79 Å². The summed E-state index contributed by atoms with van der Waals surface area (Å²) in [6.07, 6.45) is -0.832. The maximum atomic E-state index is 11.3. The summed E-state index contributed by atoms with van der Waals surface area (Å²) < 4.78 is 0. The van der Waals surface area contributed by atoms with E-state index in [1.54, 1.807) is 21.6 Å². The summed E-state index contributed by atoms with van der Waals surface area (Å²) in [6.45, 7) is 2.49. The second-order valence-corrected chi connectivity index (χ2v) is 7.98. The van der Waals surface area contributed by atoms with Crippen molar-refractivity contribution in [1.29, 1.82) is 0 Å². The lowest BCUT2D eigenvalue weighted by atomic mass is 10.2. The summed E-state index contributed by atoms with van der Waals surface area (Å²) in [5, 5.41) is 29.7. The van der Waals surface area contributed by atoms with Crippen molar-refractivity contribution in [2.24, 2.45) is 0 Å². The number of thioether (sulfide) groups is 1. The molecule has 118 valence electrons. The summed E-state index contributed by atoms with van der Waals surface area (Å²) in [5.74, 6) is -0.817. The van der Waals surface area contributed by atoms with Crippen molar-refractivity contribution in [2.45, 2.75) is 30.8 Å². The van der Waals surface area contributed by atoms with Crippen LogP contribution in [0.15, 0.2) is 0 Å². The van der Waals surface area contributed by atoms with Crippen LogP contribution in [0.3, 0.4) is 0 Å². The number of aliphatic hydroxyl groups is 2. The van der Waals surface area contributed by atoms with Gasteiger partial charge >= 0.3 is 5.97 Å². The number of carboxylic acid groups (broad SMARTS) is 1. The van der Waals surface area contributed by atoms with E-state index in [0.717, 1.165) is 12.2 Å². The number of aliphatic carboxylic acids is 1. The van der Waals surface area contributed by atoms with E-state index in [0.29, 0.717) is 17.5 Å². The van der Waals surface area contributed by atoms with Crippen molar-refractivity contribution in [2.75, 3.05) is 24.3 Å². The fourth-order valence-electron chi connectivity index (χ4n) is 1.05. The molecule has 3 atom stereocenters. The number of carbonyl (C=O) groups excluding carboxylic acids is 1. The van der Waals surface area contributed by atoms with E-state index in [-0.39, 0.29) is 0 Å². The monoisotopic (exact) mass is 343 g/mol. The number of nitrogens with one attached hydrogen (secondary N) is 1. The Bertz CT molecular complexity index is 306. The van der Waals surface area contributed by atoms with Crippen LogP contribution in [-0.4, -0.2) is 69.0 Å². The van der Waals surface area contributed by atoms with Crippen molar-refractivity contribution >= 4 is 45.2 Å². The van der Waals surface area contributed by atoms with Crippen LogP contribution in [0.25, 0.3) is 0 Å². The van der Waals surface area contributed by atoms with Crippen LogP contribution < -0.4 is 5.32 Å². The highest BCUT2D eigenvalue weighted by atomic mass is 33.1. The predicted molar refractivity (Wildman–Crippen MR) is 85.2 cm³/mol. The molecule has 4 N–H and O–H groups in total. The molecule has 6 nitrogen and oxygen atoms in total. The van der Waals surface area contributed by atoms with Crippen molar-refractivity contribution in [3.05, 3.63) is 0 Å². The van der Waals surface area contributed by atoms with Crippen molar-refractivity contribution < 1.29 is 24.9 Å². The van der Waals surface area contributed by atoms with Crippen LogP contribution in [0.1, 0.15) is 13.3 Å². The SMILES string of the molecule is CSC(C)CCSSCCNC(=O)[C@H](O)[C@@H](O)C(=O)O. The Labute approximate surface area is 130 Å². The largest absolute Gasteiger partial charge is 0.479 e. The van der Waals surface area contributed by atoms with E-state index in [4.69, 9.17) is 10.2 Å². The lowest BCUT2D eigenvalue weighted by Crippen LogP contribution is -2.46. The van der Waals surface area contributed by atoms with Crippen molar-refractivity contribution in [3.63, 3.8) is 0 Å². The zero-order valence-corrected chi connectivity index (χ0v) is 13.9. The lowest BCUT2D eigenvalue weighted by molar-refractivity contribution is -0.158. The van der Waals surface area contributed by atoms with Crippen LogP contribution in [0.4, 0.5) is 0 Å². The van der Waals surface area contributed by atoms with E-state index in [1.807, 2.05) is 11.8 Å². The van der Waals surface area contributed by atoms with Gasteiger partial charge in [0.2, 0.25) is 0 Å². The number of amides is 1. The normalized spacial score (nSPS) is 15.4. The van der Waals surface area contributed by atoms with Gasteiger partial charge in [0.1, 0.15) is 0 Å². The molecule has 20 heavy (non-hydrogen) atoms. The highest BCUT2D eigenvalue weighted by Gasteiger charge is 2.29. The molecule has 0 saturated heterocycles. The van der Waals surface area contributed by atoms with Crippen LogP contribution in [0.2, 0.25) is 0 Å². The lowest BCUT2D eigenvalue weighted by Gasteiger charge is -2.13. The van der Waals surface area contributed by atoms with E-state index >= 15 is 0 Å². The van der Waals surface area contributed by atoms with Gasteiger partial charge < -0.3 is 20.6 Å². The van der Waals surface area contributed by atoms with Gasteiger partial charge in [-0.2, -0.15) is 11.8 Å². The third-order valence-electron chi connectivity index (χ3n) is 2.40. The minimum Gasteiger partial charge on any atom is -0.479 e. The second kappa shape index (κ2) is 11.6. The van der Waals surface area contributed by atoms with Gasteiger partial charge in [0.15, 0.2) is 12.2 Å². The zero-order chi connectivity index (χ0) is 15.5. The van der Waals surface area contributed by atoms with Crippen LogP contribution in [0, 0.1) is 0 Å². The van der Waals surface area contributed by atoms with E-state index in [2.05, 4.69) is 18.5 Å². The third kappa shape index (κ3) is 8.96. The maximum absolute atomic E-state index is 11.3. The minimum atomic E-state index is -2.09. The van der Waals surface area contributed by atoms with Crippen LogP contribution in [0.5, 0.6) is 0 Å². The predicted octanol–water partition coefficient (Wildman–Crippen LogP) is 0.432. The molecule has 0 spiro atoms. The molecule has 0 fully saturated rings. The average Bonchev–Trinajstić information content (AvgIpc) is 2.43. The topological polar surface area (TPSA) is 107 Å². The van der Waals surface area contributed by atoms with E-state index in [1.165, 1.54) is 0 Å². The van der Waals surface area contributed by atoms with Gasteiger partial charge in [-0.25, -0.2) is 4.79 Å². The Balaban J connectivity index is 3.60. The quantitative estimate of drug-likeness (QED) is 0.316. The first kappa shape index (κ1) is 19.9. The molecule has 0 aromatic heterocycles. The molecule has 0 bridgehead atoms. The molecule has 0 aliphatic heterocycles. The van der Waals surface area contributed by atoms with Crippen molar-refractivity contribution in [1.82, 2.24) is 5.32 Å². The van der Waals surface area contributed by atoms with Gasteiger partial charge in [0.05, 0.1) is 0 Å². The number of hydrogen-bond donors (Lipinski definition) is 4. The first-order chi connectivity index (χ1) is 9.40. The third-order valence-corrected chi connectivity index (χ3v) is 5.88. The van der Waals surface area contributed by atoms with Gasteiger partial charge in [-0.05, 0) is 12.7 Å². The number of aliphatic hydroxyl groups excluding tert-OH is 2. The Morgan fingerprint density at radius 2 is 1.75 bits per heavy atom. The fourth-order valence-corrected chi connectivity index (χ4v) is 3.67. The standard InChI is InChI=1S/C11H21NO5S3/c1-7(18-2)3-5-19-20-6-4-12-10(15)8(13)9(14)11(16)17/h7-9,13-14H,3-6H2,1-2H3,(H,12,15)(H,16,17)/t7?,8-,9-/m1/s1. The molecule has 1 unspecified atom stereocenters. The maximum Gasteiger partial charge on any atom is 0.335 e. The van der Waals surface area contributed by atoms with Gasteiger partial charge in [0.25, 0.3) is 5.91 Å². The molecular weight excluding hydrogens is 322 g/mol. The minimum absolute atomic E-state index is 0.317. The summed E-state index contributed by atoms with van der Waals surface area (Å²) in [6, 6.07) is 0. The molecule has 0 aliphatic rings. The summed E-state index contributed by atoms with van der Waals surface area (Å²) >= 11 is 1.83. The number of carboxylic acids is 1. The Morgan fingerprint density at radius 1 is 1.15 bits per heavy atom.